The van der Waals surface area contributed by atoms with Gasteiger partial charge in [-0.2, -0.15) is 0 Å². The smallest absolute Gasteiger partial charge is 0.472 e. The number of carboxylic acids is 1. The van der Waals surface area contributed by atoms with Crippen LogP contribution in [0.3, 0.4) is 0 Å². The van der Waals surface area contributed by atoms with Crippen LogP contribution in [0.1, 0.15) is 213 Å². The van der Waals surface area contributed by atoms with E-state index in [1.54, 1.807) is 0 Å². The zero-order chi connectivity index (χ0) is 43.5. The van der Waals surface area contributed by atoms with Crippen molar-refractivity contribution >= 4 is 25.7 Å². The fourth-order valence-corrected chi connectivity index (χ4v) is 7.34. The Kier molecular flexibility index (Phi) is 40.7. The Bertz CT molecular complexity index is 1140. The predicted molar refractivity (Wildman–Crippen MR) is 240 cm³/mol. The maximum atomic E-state index is 12.3. The van der Waals surface area contributed by atoms with Crippen molar-refractivity contribution < 1.29 is 47.8 Å². The number of hydrogen-bond acceptors (Lipinski definition) is 8. The molecule has 11 nitrogen and oxygen atoms in total. The fourth-order valence-electron chi connectivity index (χ4n) is 6.57. The molecule has 0 saturated carbocycles. The molecule has 0 saturated heterocycles. The van der Waals surface area contributed by atoms with Crippen molar-refractivity contribution in [3.8, 4) is 0 Å². The third-order valence-electron chi connectivity index (χ3n) is 10.2. The number of aliphatic hydroxyl groups is 1. The van der Waals surface area contributed by atoms with E-state index in [0.717, 1.165) is 70.6 Å². The summed E-state index contributed by atoms with van der Waals surface area (Å²) in [4.78, 5) is 46.0. The van der Waals surface area contributed by atoms with Gasteiger partial charge in [0.2, 0.25) is 5.91 Å². The number of allylic oxidation sites excluding steroid dienone is 6. The molecular formula is C47H86NO10P. The Morgan fingerprint density at radius 1 is 0.559 bits per heavy atom. The van der Waals surface area contributed by atoms with E-state index in [1.807, 2.05) is 0 Å². The number of rotatable bonds is 44. The normalized spacial score (nSPS) is 14.0. The van der Waals surface area contributed by atoms with Gasteiger partial charge in [-0.15, -0.1) is 0 Å². The van der Waals surface area contributed by atoms with Gasteiger partial charge in [0.25, 0.3) is 0 Å². The lowest BCUT2D eigenvalue weighted by Crippen LogP contribution is -2.43. The number of aliphatic hydroxyl groups excluding tert-OH is 1. The highest BCUT2D eigenvalue weighted by molar-refractivity contribution is 7.47. The number of phosphoric acid groups is 1. The van der Waals surface area contributed by atoms with Gasteiger partial charge in [-0.3, -0.25) is 18.6 Å². The lowest BCUT2D eigenvalue weighted by molar-refractivity contribution is -0.147. The molecule has 0 rings (SSSR count). The molecule has 0 aliphatic heterocycles. The van der Waals surface area contributed by atoms with E-state index in [9.17, 15) is 34.1 Å². The lowest BCUT2D eigenvalue weighted by Gasteiger charge is -2.18. The van der Waals surface area contributed by atoms with Crippen LogP contribution in [0.25, 0.3) is 0 Å². The minimum atomic E-state index is -4.76. The number of carboxylic acid groups (broad SMARTS) is 1. The summed E-state index contributed by atoms with van der Waals surface area (Å²) in [5.41, 5.74) is 0. The summed E-state index contributed by atoms with van der Waals surface area (Å²) < 4.78 is 26.9. The van der Waals surface area contributed by atoms with E-state index in [1.165, 1.54) is 103 Å². The molecule has 0 aliphatic carbocycles. The Balaban J connectivity index is 3.84. The number of aliphatic carboxylic acids is 1. The van der Waals surface area contributed by atoms with E-state index in [4.69, 9.17) is 13.8 Å². The summed E-state index contributed by atoms with van der Waals surface area (Å²) in [6.45, 7) is 2.49. The van der Waals surface area contributed by atoms with E-state index < -0.39 is 57.6 Å². The minimum Gasteiger partial charge on any atom is -0.480 e. The van der Waals surface area contributed by atoms with Crippen LogP contribution in [-0.4, -0.2) is 64.9 Å². The second-order valence-corrected chi connectivity index (χ2v) is 17.4. The number of ether oxygens (including phenoxy) is 1. The zero-order valence-electron chi connectivity index (χ0n) is 37.3. The third kappa shape index (κ3) is 42.2. The number of amides is 1. The summed E-state index contributed by atoms with van der Waals surface area (Å²) in [5.74, 6) is -2.39. The van der Waals surface area contributed by atoms with Crippen molar-refractivity contribution in [2.24, 2.45) is 0 Å². The molecule has 0 aromatic heterocycles. The number of hydrogen-bond donors (Lipinski definition) is 4. The van der Waals surface area contributed by atoms with Crippen molar-refractivity contribution in [3.05, 3.63) is 36.5 Å². The molecule has 0 spiro atoms. The highest BCUT2D eigenvalue weighted by Gasteiger charge is 2.28. The average Bonchev–Trinajstić information content (AvgIpc) is 3.21. The van der Waals surface area contributed by atoms with Crippen LogP contribution in [0.2, 0.25) is 0 Å². The molecule has 0 aliphatic rings. The molecule has 0 aromatic carbocycles. The van der Waals surface area contributed by atoms with Crippen LogP contribution in [0.5, 0.6) is 0 Å². The quantitative estimate of drug-likeness (QED) is 0.0200. The number of esters is 1. The molecule has 0 heterocycles. The first-order valence-corrected chi connectivity index (χ1v) is 25.0. The number of nitrogens with one attached hydrogen (secondary N) is 1. The van der Waals surface area contributed by atoms with Gasteiger partial charge in [0.1, 0.15) is 12.7 Å². The molecule has 4 N–H and O–H groups in total. The van der Waals surface area contributed by atoms with Gasteiger partial charge < -0.3 is 25.2 Å². The molecular weight excluding hydrogens is 769 g/mol. The molecule has 3 atom stereocenters. The predicted octanol–water partition coefficient (Wildman–Crippen LogP) is 12.4. The highest BCUT2D eigenvalue weighted by Crippen LogP contribution is 2.43. The first-order chi connectivity index (χ1) is 28.6. The van der Waals surface area contributed by atoms with Gasteiger partial charge in [0.15, 0.2) is 6.04 Å². The van der Waals surface area contributed by atoms with Crippen LogP contribution < -0.4 is 5.32 Å². The maximum Gasteiger partial charge on any atom is 0.472 e. The van der Waals surface area contributed by atoms with Gasteiger partial charge in [0.05, 0.1) is 13.2 Å². The minimum absolute atomic E-state index is 0.126. The van der Waals surface area contributed by atoms with Crippen molar-refractivity contribution in [2.75, 3.05) is 19.8 Å². The number of unbranched alkanes of at least 4 members (excludes halogenated alkanes) is 24. The molecule has 1 amide bonds. The Morgan fingerprint density at radius 2 is 0.983 bits per heavy atom. The van der Waals surface area contributed by atoms with Gasteiger partial charge >= 0.3 is 19.8 Å². The standard InChI is InChI=1S/C47H86NO10P/c1-3-5-7-9-11-13-15-17-19-20-21-22-23-25-27-29-31-33-35-37-39-46(51)56-40-43(49)41-57-59(54,55)58-42-44(47(52)53)48-45(50)38-36-34-32-30-28-26-24-18-16-14-12-10-8-6-4-2/h6,8,12,14,18,24,43-44,49H,3-5,7,9-11,13,15-17,19-23,25-42H2,1-2H3,(H,48,50)(H,52,53)(H,54,55)/b8-6-,14-12-,24-18-. The van der Waals surface area contributed by atoms with Gasteiger partial charge in [-0.1, -0.05) is 192 Å². The fraction of sp³-hybridized carbons (Fsp3) is 0.809. The van der Waals surface area contributed by atoms with Crippen molar-refractivity contribution in [3.63, 3.8) is 0 Å². The summed E-state index contributed by atoms with van der Waals surface area (Å²) in [6.07, 6.45) is 46.0. The van der Waals surface area contributed by atoms with Crippen LogP contribution in [-0.2, 0) is 32.7 Å². The second-order valence-electron chi connectivity index (χ2n) is 15.9. The van der Waals surface area contributed by atoms with Gasteiger partial charge in [-0.25, -0.2) is 9.36 Å². The molecule has 0 radical (unpaired) electrons. The average molecular weight is 856 g/mol. The van der Waals surface area contributed by atoms with Crippen molar-refractivity contribution in [1.82, 2.24) is 5.32 Å². The number of carbonyl (C=O) groups excluding carboxylic acids is 2. The molecule has 3 unspecified atom stereocenters. The van der Waals surface area contributed by atoms with E-state index in [0.29, 0.717) is 12.8 Å². The maximum absolute atomic E-state index is 12.3. The first-order valence-electron chi connectivity index (χ1n) is 23.5. The SMILES string of the molecule is CC/C=C\C/C=C\C/C=C\CCCCCCCC(=O)NC(COP(=O)(O)OCC(O)COC(=O)CCCCCCCCCCCCCCCCCCCCCC)C(=O)O. The molecule has 344 valence electrons. The van der Waals surface area contributed by atoms with Crippen molar-refractivity contribution in [1.29, 1.82) is 0 Å². The Labute approximate surface area is 359 Å². The van der Waals surface area contributed by atoms with Crippen LogP contribution in [0.4, 0.5) is 0 Å². The first kappa shape index (κ1) is 56.7. The van der Waals surface area contributed by atoms with E-state index >= 15 is 0 Å². The largest absolute Gasteiger partial charge is 0.480 e. The number of carbonyl (C=O) groups is 3. The monoisotopic (exact) mass is 856 g/mol. The van der Waals surface area contributed by atoms with E-state index in [2.05, 4.69) is 55.6 Å². The van der Waals surface area contributed by atoms with Crippen molar-refractivity contribution in [2.45, 2.75) is 225 Å². The second kappa shape index (κ2) is 42.4. The van der Waals surface area contributed by atoms with Crippen LogP contribution in [0, 0.1) is 0 Å². The molecule has 0 fully saturated rings. The zero-order valence-corrected chi connectivity index (χ0v) is 38.2. The summed E-state index contributed by atoms with van der Waals surface area (Å²) in [5, 5.41) is 21.8. The van der Waals surface area contributed by atoms with Gasteiger partial charge in [0, 0.05) is 12.8 Å². The van der Waals surface area contributed by atoms with Crippen LogP contribution in [0.15, 0.2) is 36.5 Å². The highest BCUT2D eigenvalue weighted by atomic mass is 31.2. The molecule has 59 heavy (non-hydrogen) atoms. The third-order valence-corrected chi connectivity index (χ3v) is 11.1. The lowest BCUT2D eigenvalue weighted by atomic mass is 10.0. The van der Waals surface area contributed by atoms with Gasteiger partial charge in [-0.05, 0) is 44.9 Å². The summed E-state index contributed by atoms with van der Waals surface area (Å²) in [7, 11) is -4.76. The van der Waals surface area contributed by atoms with Crippen LogP contribution >= 0.6 is 7.82 Å². The molecule has 0 aromatic rings. The summed E-state index contributed by atoms with van der Waals surface area (Å²) in [6, 6.07) is -1.55. The summed E-state index contributed by atoms with van der Waals surface area (Å²) >= 11 is 0. The van der Waals surface area contributed by atoms with E-state index in [-0.39, 0.29) is 12.8 Å². The Morgan fingerprint density at radius 3 is 1.47 bits per heavy atom. The Hall–Kier alpha value is -2.30. The topological polar surface area (TPSA) is 169 Å². The molecule has 0 bridgehead atoms. The number of phosphoric ester groups is 1. The molecule has 12 heteroatoms.